The van der Waals surface area contributed by atoms with Crippen LogP contribution >= 0.6 is 11.6 Å². The van der Waals surface area contributed by atoms with Crippen LogP contribution in [0.15, 0.2) is 30.3 Å². The van der Waals surface area contributed by atoms with Crippen LogP contribution in [0, 0.1) is 13.8 Å². The maximum absolute atomic E-state index is 12.1. The molecule has 7 heteroatoms. The van der Waals surface area contributed by atoms with E-state index >= 15 is 0 Å². The van der Waals surface area contributed by atoms with Gasteiger partial charge in [0.1, 0.15) is 17.1 Å². The van der Waals surface area contributed by atoms with Gasteiger partial charge >= 0.3 is 5.97 Å². The van der Waals surface area contributed by atoms with E-state index in [9.17, 15) is 9.59 Å². The van der Waals surface area contributed by atoms with Crippen LogP contribution in [0.5, 0.6) is 11.5 Å². The summed E-state index contributed by atoms with van der Waals surface area (Å²) in [6.45, 7) is 3.62. The maximum Gasteiger partial charge on any atom is 0.339 e. The highest BCUT2D eigenvalue weighted by Gasteiger charge is 2.16. The van der Waals surface area contributed by atoms with E-state index in [0.29, 0.717) is 5.75 Å². The van der Waals surface area contributed by atoms with Crippen LogP contribution in [0.3, 0.4) is 0 Å². The lowest BCUT2D eigenvalue weighted by Gasteiger charge is -2.13. The van der Waals surface area contributed by atoms with Crippen LogP contribution < -0.4 is 14.8 Å². The van der Waals surface area contributed by atoms with Crippen molar-refractivity contribution < 1.29 is 24.2 Å². The van der Waals surface area contributed by atoms with Gasteiger partial charge in [0, 0.05) is 6.07 Å². The first-order valence-corrected chi connectivity index (χ1v) is 7.80. The quantitative estimate of drug-likeness (QED) is 0.817. The number of methoxy groups -OCH3 is 1. The molecule has 6 nitrogen and oxygen atoms in total. The van der Waals surface area contributed by atoms with Crippen LogP contribution in [0.4, 0.5) is 5.69 Å². The highest BCUT2D eigenvalue weighted by atomic mass is 35.5. The number of benzene rings is 2. The zero-order valence-corrected chi connectivity index (χ0v) is 14.8. The molecule has 2 aromatic carbocycles. The van der Waals surface area contributed by atoms with E-state index in [4.69, 9.17) is 26.2 Å². The fourth-order valence-electron chi connectivity index (χ4n) is 2.18. The normalized spacial score (nSPS) is 10.2. The number of hydrogen-bond donors (Lipinski definition) is 2. The third-order valence-electron chi connectivity index (χ3n) is 3.50. The number of ether oxygens (including phenoxy) is 2. The van der Waals surface area contributed by atoms with E-state index in [2.05, 4.69) is 5.32 Å². The lowest BCUT2D eigenvalue weighted by molar-refractivity contribution is -0.118. The van der Waals surface area contributed by atoms with Crippen molar-refractivity contribution in [2.75, 3.05) is 19.0 Å². The minimum Gasteiger partial charge on any atom is -0.496 e. The third kappa shape index (κ3) is 4.64. The standard InChI is InChI=1S/C18H18ClNO5/c1-10-4-5-11(2)15(6-10)25-9-17(21)20-14-8-16(24-3)12(18(22)23)7-13(14)19/h4-8H,9H2,1-3H3,(H,20,21)(H,22,23). The van der Waals surface area contributed by atoms with E-state index < -0.39 is 11.9 Å². The Balaban J connectivity index is 2.10. The molecule has 25 heavy (non-hydrogen) atoms. The molecule has 0 saturated heterocycles. The summed E-state index contributed by atoms with van der Waals surface area (Å²) in [4.78, 5) is 23.2. The molecule has 0 atom stereocenters. The van der Waals surface area contributed by atoms with Crippen molar-refractivity contribution in [2.24, 2.45) is 0 Å². The van der Waals surface area contributed by atoms with Crippen molar-refractivity contribution in [1.29, 1.82) is 0 Å². The largest absolute Gasteiger partial charge is 0.496 e. The van der Waals surface area contributed by atoms with E-state index in [1.807, 2.05) is 32.0 Å². The fourth-order valence-corrected chi connectivity index (χ4v) is 2.39. The van der Waals surface area contributed by atoms with Crippen molar-refractivity contribution in [3.63, 3.8) is 0 Å². The first-order valence-electron chi connectivity index (χ1n) is 7.42. The Morgan fingerprint density at radius 2 is 1.88 bits per heavy atom. The number of carboxylic acids is 1. The third-order valence-corrected chi connectivity index (χ3v) is 3.81. The Labute approximate surface area is 150 Å². The molecule has 0 fully saturated rings. The lowest BCUT2D eigenvalue weighted by Crippen LogP contribution is -2.21. The van der Waals surface area contributed by atoms with E-state index in [1.54, 1.807) is 0 Å². The molecule has 2 aromatic rings. The second-order valence-electron chi connectivity index (χ2n) is 5.44. The summed E-state index contributed by atoms with van der Waals surface area (Å²) in [5.74, 6) is -0.870. The summed E-state index contributed by atoms with van der Waals surface area (Å²) in [6.07, 6.45) is 0. The van der Waals surface area contributed by atoms with Crippen molar-refractivity contribution >= 4 is 29.2 Å². The summed E-state index contributed by atoms with van der Waals surface area (Å²) in [5, 5.41) is 11.8. The molecule has 0 aliphatic carbocycles. The summed E-state index contributed by atoms with van der Waals surface area (Å²) in [5.41, 5.74) is 2.11. The molecular weight excluding hydrogens is 346 g/mol. The molecule has 0 aliphatic rings. The number of nitrogens with one attached hydrogen (secondary N) is 1. The zero-order chi connectivity index (χ0) is 18.6. The summed E-state index contributed by atoms with van der Waals surface area (Å²) >= 11 is 6.04. The van der Waals surface area contributed by atoms with Crippen LogP contribution in [-0.4, -0.2) is 30.7 Å². The van der Waals surface area contributed by atoms with Gasteiger partial charge in [0.15, 0.2) is 6.61 Å². The summed E-state index contributed by atoms with van der Waals surface area (Å²) in [6, 6.07) is 8.30. The van der Waals surface area contributed by atoms with Gasteiger partial charge in [-0.05, 0) is 37.1 Å². The highest BCUT2D eigenvalue weighted by molar-refractivity contribution is 6.34. The Bertz CT molecular complexity index is 819. The average Bonchev–Trinajstić information content (AvgIpc) is 2.57. The number of rotatable bonds is 6. The number of carbonyl (C=O) groups is 2. The van der Waals surface area contributed by atoms with Gasteiger partial charge in [0.25, 0.3) is 5.91 Å². The van der Waals surface area contributed by atoms with Crippen molar-refractivity contribution in [2.45, 2.75) is 13.8 Å². The number of hydrogen-bond acceptors (Lipinski definition) is 4. The number of amides is 1. The SMILES string of the molecule is COc1cc(NC(=O)COc2cc(C)ccc2C)c(Cl)cc1C(=O)O. The molecule has 0 spiro atoms. The van der Waals surface area contributed by atoms with Crippen LogP contribution in [0.2, 0.25) is 5.02 Å². The monoisotopic (exact) mass is 363 g/mol. The van der Waals surface area contributed by atoms with E-state index in [1.165, 1.54) is 19.2 Å². The molecule has 0 heterocycles. The van der Waals surface area contributed by atoms with Gasteiger partial charge in [0.05, 0.1) is 17.8 Å². The number of anilines is 1. The zero-order valence-electron chi connectivity index (χ0n) is 14.1. The van der Waals surface area contributed by atoms with Gasteiger partial charge in [-0.1, -0.05) is 23.7 Å². The molecule has 0 saturated carbocycles. The predicted molar refractivity (Wildman–Crippen MR) is 95.0 cm³/mol. The Morgan fingerprint density at radius 3 is 2.52 bits per heavy atom. The Hall–Kier alpha value is -2.73. The number of aryl methyl sites for hydroxylation is 2. The first-order chi connectivity index (χ1) is 11.8. The number of aromatic carboxylic acids is 1. The van der Waals surface area contributed by atoms with Crippen LogP contribution in [0.1, 0.15) is 21.5 Å². The van der Waals surface area contributed by atoms with Gasteiger partial charge in [0.2, 0.25) is 0 Å². The van der Waals surface area contributed by atoms with Crippen molar-refractivity contribution in [3.8, 4) is 11.5 Å². The van der Waals surface area contributed by atoms with Crippen molar-refractivity contribution in [3.05, 3.63) is 52.0 Å². The first kappa shape index (κ1) is 18.6. The molecule has 132 valence electrons. The molecule has 0 aliphatic heterocycles. The van der Waals surface area contributed by atoms with Crippen molar-refractivity contribution in [1.82, 2.24) is 0 Å². The van der Waals surface area contributed by atoms with E-state index in [0.717, 1.165) is 11.1 Å². The molecule has 0 unspecified atom stereocenters. The Morgan fingerprint density at radius 1 is 1.16 bits per heavy atom. The molecule has 0 radical (unpaired) electrons. The van der Waals surface area contributed by atoms with Gasteiger partial charge in [-0.2, -0.15) is 0 Å². The van der Waals surface area contributed by atoms with Gasteiger partial charge in [-0.15, -0.1) is 0 Å². The highest BCUT2D eigenvalue weighted by Crippen LogP contribution is 2.31. The number of carboxylic acid groups (broad SMARTS) is 1. The molecule has 2 rings (SSSR count). The van der Waals surface area contributed by atoms with Gasteiger partial charge in [-0.25, -0.2) is 4.79 Å². The summed E-state index contributed by atoms with van der Waals surface area (Å²) < 4.78 is 10.5. The van der Waals surface area contributed by atoms with Crippen LogP contribution in [0.25, 0.3) is 0 Å². The molecule has 1 amide bonds. The summed E-state index contributed by atoms with van der Waals surface area (Å²) in [7, 11) is 1.34. The van der Waals surface area contributed by atoms with Crippen LogP contribution in [-0.2, 0) is 4.79 Å². The maximum atomic E-state index is 12.1. The molecule has 0 aromatic heterocycles. The fraction of sp³-hybridized carbons (Fsp3) is 0.222. The lowest BCUT2D eigenvalue weighted by atomic mass is 10.1. The van der Waals surface area contributed by atoms with Gasteiger partial charge < -0.3 is 19.9 Å². The molecule has 0 bridgehead atoms. The minimum atomic E-state index is -1.17. The average molecular weight is 364 g/mol. The molecule has 2 N–H and O–H groups in total. The smallest absolute Gasteiger partial charge is 0.339 e. The number of carbonyl (C=O) groups excluding carboxylic acids is 1. The second-order valence-corrected chi connectivity index (χ2v) is 5.85. The Kier molecular flexibility index (Phi) is 5.88. The minimum absolute atomic E-state index is 0.0860. The predicted octanol–water partition coefficient (Wildman–Crippen LogP) is 3.68. The second kappa shape index (κ2) is 7.90. The molecular formula is C18H18ClNO5. The number of halogens is 1. The van der Waals surface area contributed by atoms with Gasteiger partial charge in [-0.3, -0.25) is 4.79 Å². The topological polar surface area (TPSA) is 84.9 Å². The van der Waals surface area contributed by atoms with E-state index in [-0.39, 0.29) is 28.6 Å².